The summed E-state index contributed by atoms with van der Waals surface area (Å²) in [5, 5.41) is 3.19. The summed E-state index contributed by atoms with van der Waals surface area (Å²) in [6, 6.07) is 21.8. The summed E-state index contributed by atoms with van der Waals surface area (Å²) in [5.74, 6) is -0.327. The predicted molar refractivity (Wildman–Crippen MR) is 124 cm³/mol. The molecule has 3 aromatic rings. The van der Waals surface area contributed by atoms with Crippen LogP contribution in [-0.4, -0.2) is 26.8 Å². The molecule has 164 valence electrons. The Hall–Kier alpha value is -3.34. The van der Waals surface area contributed by atoms with E-state index < -0.39 is 5.54 Å². The molecule has 2 amide bonds. The molecule has 0 unspecified atom stereocenters. The molecule has 5 heteroatoms. The molecule has 2 aliphatic rings. The summed E-state index contributed by atoms with van der Waals surface area (Å²) in [4.78, 5) is 29.5. The van der Waals surface area contributed by atoms with Crippen LogP contribution in [-0.2, 0) is 24.9 Å². The summed E-state index contributed by atoms with van der Waals surface area (Å²) >= 11 is 0. The van der Waals surface area contributed by atoms with Crippen molar-refractivity contribution in [3.63, 3.8) is 0 Å². The van der Waals surface area contributed by atoms with Gasteiger partial charge in [0.1, 0.15) is 0 Å². The van der Waals surface area contributed by atoms with E-state index in [0.29, 0.717) is 18.7 Å². The molecule has 0 bridgehead atoms. The van der Waals surface area contributed by atoms with Crippen molar-refractivity contribution in [1.29, 1.82) is 0 Å². The van der Waals surface area contributed by atoms with Crippen LogP contribution < -0.4 is 5.32 Å². The second kappa shape index (κ2) is 8.30. The Morgan fingerprint density at radius 2 is 1.72 bits per heavy atom. The zero-order chi connectivity index (χ0) is 22.1. The average Bonchev–Trinajstić information content (AvgIpc) is 3.46. The van der Waals surface area contributed by atoms with Gasteiger partial charge in [0.15, 0.2) is 0 Å². The molecule has 1 atom stereocenters. The molecule has 0 radical (unpaired) electrons. The number of benzene rings is 2. The number of aromatic nitrogens is 1. The van der Waals surface area contributed by atoms with Crippen LogP contribution in [0.15, 0.2) is 72.9 Å². The zero-order valence-corrected chi connectivity index (χ0v) is 18.5. The van der Waals surface area contributed by atoms with Crippen LogP contribution in [0.4, 0.5) is 0 Å². The highest BCUT2D eigenvalue weighted by atomic mass is 16.2. The van der Waals surface area contributed by atoms with E-state index in [-0.39, 0.29) is 17.7 Å². The van der Waals surface area contributed by atoms with Gasteiger partial charge in [0.2, 0.25) is 5.91 Å². The molecule has 1 aliphatic carbocycles. The Balaban J connectivity index is 1.55. The number of fused-ring (bicyclic) bond motifs is 1. The minimum Gasteiger partial charge on any atom is -0.353 e. The van der Waals surface area contributed by atoms with Gasteiger partial charge in [0.05, 0.1) is 18.0 Å². The number of nitrogens with zero attached hydrogens (tertiary/aromatic N) is 2. The van der Waals surface area contributed by atoms with Crippen LogP contribution in [0.5, 0.6) is 0 Å². The lowest BCUT2D eigenvalue weighted by atomic mass is 9.71. The normalized spacial score (nSPS) is 19.2. The third-order valence-corrected chi connectivity index (χ3v) is 7.23. The molecule has 2 aromatic carbocycles. The summed E-state index contributed by atoms with van der Waals surface area (Å²) in [6.07, 6.45) is 5.74. The highest BCUT2D eigenvalue weighted by molar-refractivity contribution is 6.02. The van der Waals surface area contributed by atoms with Gasteiger partial charge in [0, 0.05) is 31.0 Å². The number of amides is 2. The van der Waals surface area contributed by atoms with E-state index in [2.05, 4.69) is 17.4 Å². The largest absolute Gasteiger partial charge is 0.353 e. The lowest BCUT2D eigenvalue weighted by Gasteiger charge is -2.50. The number of hydrogen-bond donors (Lipinski definition) is 1. The van der Waals surface area contributed by atoms with E-state index in [0.717, 1.165) is 42.5 Å². The first-order valence-corrected chi connectivity index (χ1v) is 11.4. The van der Waals surface area contributed by atoms with Crippen molar-refractivity contribution < 1.29 is 9.59 Å². The van der Waals surface area contributed by atoms with Crippen molar-refractivity contribution in [2.45, 2.75) is 50.2 Å². The molecular weight excluding hydrogens is 398 g/mol. The number of carbonyl (C=O) groups is 2. The minimum atomic E-state index is -0.487. The van der Waals surface area contributed by atoms with E-state index >= 15 is 0 Å². The fraction of sp³-hybridized carbons (Fsp3) is 0.333. The first-order chi connectivity index (χ1) is 15.6. The van der Waals surface area contributed by atoms with Gasteiger partial charge in [-0.1, -0.05) is 61.4 Å². The quantitative estimate of drug-likeness (QED) is 0.656. The lowest BCUT2D eigenvalue weighted by Crippen LogP contribution is -2.60. The number of nitrogens with one attached hydrogen (secondary N) is 1. The van der Waals surface area contributed by atoms with Crippen LogP contribution in [0.25, 0.3) is 0 Å². The molecule has 5 rings (SSSR count). The van der Waals surface area contributed by atoms with Crippen LogP contribution in [0.3, 0.4) is 0 Å². The summed E-state index contributed by atoms with van der Waals surface area (Å²) in [7, 11) is 1.98. The molecule has 1 aliphatic heterocycles. The van der Waals surface area contributed by atoms with Crippen LogP contribution in [0.2, 0.25) is 0 Å². The molecule has 1 spiro atoms. The van der Waals surface area contributed by atoms with Gasteiger partial charge < -0.3 is 14.8 Å². The number of carbonyl (C=O) groups excluding carboxylic acids is 2. The van der Waals surface area contributed by atoms with Gasteiger partial charge in [-0.25, -0.2) is 0 Å². The Bertz CT molecular complexity index is 1130. The Labute approximate surface area is 189 Å². The van der Waals surface area contributed by atoms with Crippen molar-refractivity contribution in [3.05, 3.63) is 95.3 Å². The molecule has 5 nitrogen and oxygen atoms in total. The van der Waals surface area contributed by atoms with E-state index in [4.69, 9.17) is 0 Å². The smallest absolute Gasteiger partial charge is 0.254 e. The Morgan fingerprint density at radius 1 is 1.00 bits per heavy atom. The van der Waals surface area contributed by atoms with Crippen molar-refractivity contribution in [1.82, 2.24) is 14.8 Å². The van der Waals surface area contributed by atoms with Gasteiger partial charge in [-0.3, -0.25) is 9.59 Å². The molecule has 0 saturated heterocycles. The molecule has 1 aromatic heterocycles. The average molecular weight is 428 g/mol. The van der Waals surface area contributed by atoms with Crippen molar-refractivity contribution >= 4 is 11.8 Å². The topological polar surface area (TPSA) is 54.3 Å². The van der Waals surface area contributed by atoms with Crippen LogP contribution in [0.1, 0.15) is 58.8 Å². The molecular formula is C27H29N3O2. The monoisotopic (exact) mass is 427 g/mol. The third-order valence-electron chi connectivity index (χ3n) is 7.23. The minimum absolute atomic E-state index is 0.00566. The third kappa shape index (κ3) is 3.42. The maximum atomic E-state index is 13.8. The first kappa shape index (κ1) is 20.6. The number of rotatable bonds is 5. The van der Waals surface area contributed by atoms with E-state index in [9.17, 15) is 9.59 Å². The number of aryl methyl sites for hydroxylation is 1. The van der Waals surface area contributed by atoms with E-state index in [1.165, 1.54) is 0 Å². The SMILES string of the molecule is Cn1cccc1CNC(=O)[C@H]1c2ccccc2C(=O)N(Cc2ccccc2)C12CCCC2. The molecule has 32 heavy (non-hydrogen) atoms. The van der Waals surface area contributed by atoms with Gasteiger partial charge in [-0.15, -0.1) is 0 Å². The van der Waals surface area contributed by atoms with Gasteiger partial charge >= 0.3 is 0 Å². The molecule has 1 N–H and O–H groups in total. The van der Waals surface area contributed by atoms with E-state index in [1.807, 2.05) is 77.3 Å². The first-order valence-electron chi connectivity index (χ1n) is 11.4. The summed E-state index contributed by atoms with van der Waals surface area (Å²) in [5.41, 5.74) is 3.18. The summed E-state index contributed by atoms with van der Waals surface area (Å²) in [6.45, 7) is 0.999. The molecule has 1 fully saturated rings. The van der Waals surface area contributed by atoms with Gasteiger partial charge in [-0.2, -0.15) is 0 Å². The highest BCUT2D eigenvalue weighted by Crippen LogP contribution is 2.50. The van der Waals surface area contributed by atoms with Crippen molar-refractivity contribution in [2.75, 3.05) is 0 Å². The molecule has 1 saturated carbocycles. The van der Waals surface area contributed by atoms with Gasteiger partial charge in [0.25, 0.3) is 5.91 Å². The molecule has 2 heterocycles. The predicted octanol–water partition coefficient (Wildman–Crippen LogP) is 4.39. The van der Waals surface area contributed by atoms with Crippen LogP contribution in [0, 0.1) is 0 Å². The highest BCUT2D eigenvalue weighted by Gasteiger charge is 2.55. The number of hydrogen-bond acceptors (Lipinski definition) is 2. The zero-order valence-electron chi connectivity index (χ0n) is 18.5. The maximum Gasteiger partial charge on any atom is 0.254 e. The van der Waals surface area contributed by atoms with Crippen molar-refractivity contribution in [3.8, 4) is 0 Å². The maximum absolute atomic E-state index is 13.8. The lowest BCUT2D eigenvalue weighted by molar-refractivity contribution is -0.126. The standard InChI is InChI=1S/C27H29N3O2/c1-29-17-9-12-21(29)18-28-25(31)24-22-13-5-6-14-23(22)26(32)30(27(24)15-7-8-16-27)19-20-10-3-2-4-11-20/h2-6,9-14,17,24H,7-8,15-16,18-19H2,1H3,(H,28,31)/t24-/m1/s1. The Morgan fingerprint density at radius 3 is 2.44 bits per heavy atom. The fourth-order valence-electron chi connectivity index (χ4n) is 5.62. The van der Waals surface area contributed by atoms with Crippen molar-refractivity contribution in [2.24, 2.45) is 7.05 Å². The fourth-order valence-corrected chi connectivity index (χ4v) is 5.62. The van der Waals surface area contributed by atoms with Gasteiger partial charge in [-0.05, 0) is 42.2 Å². The Kier molecular flexibility index (Phi) is 5.33. The second-order valence-corrected chi connectivity index (χ2v) is 9.04. The van der Waals surface area contributed by atoms with Crippen LogP contribution >= 0.6 is 0 Å². The van der Waals surface area contributed by atoms with E-state index in [1.54, 1.807) is 0 Å². The second-order valence-electron chi connectivity index (χ2n) is 9.04. The summed E-state index contributed by atoms with van der Waals surface area (Å²) < 4.78 is 2.02.